The van der Waals surface area contributed by atoms with E-state index < -0.39 is 0 Å². The summed E-state index contributed by atoms with van der Waals surface area (Å²) in [6.45, 7) is 4.90. The number of carbonyl (C=O) groups excluding carboxylic acids is 1. The molecule has 19 heavy (non-hydrogen) atoms. The van der Waals surface area contributed by atoms with Crippen LogP contribution in [0.15, 0.2) is 60.7 Å². The molecular weight excluding hydrogens is 236 g/mol. The topological polar surface area (TPSA) is 26.3 Å². The average Bonchev–Trinajstić information content (AvgIpc) is 2.41. The molecule has 2 heteroatoms. The van der Waals surface area contributed by atoms with Crippen molar-refractivity contribution in [1.29, 1.82) is 0 Å². The minimum atomic E-state index is 0.412. The van der Waals surface area contributed by atoms with E-state index in [1.54, 1.807) is 24.3 Å². The van der Waals surface area contributed by atoms with Crippen LogP contribution in [0.25, 0.3) is 0 Å². The van der Waals surface area contributed by atoms with E-state index in [1.165, 1.54) is 12.0 Å². The highest BCUT2D eigenvalue weighted by molar-refractivity contribution is 5.44. The average molecular weight is 256 g/mol. The highest BCUT2D eigenvalue weighted by Gasteiger charge is 1.94. The molecule has 0 spiro atoms. The van der Waals surface area contributed by atoms with Gasteiger partial charge in [-0.3, -0.25) is 4.79 Å². The second-order valence-electron chi connectivity index (χ2n) is 4.61. The summed E-state index contributed by atoms with van der Waals surface area (Å²) in [5.74, 6) is 1.34. The summed E-state index contributed by atoms with van der Waals surface area (Å²) >= 11 is 0. The van der Waals surface area contributed by atoms with Crippen molar-refractivity contribution >= 4 is 6.47 Å². The van der Waals surface area contributed by atoms with E-state index in [-0.39, 0.29) is 0 Å². The Hall–Kier alpha value is -2.09. The van der Waals surface area contributed by atoms with Crippen LogP contribution in [0.5, 0.6) is 5.75 Å². The van der Waals surface area contributed by atoms with Crippen molar-refractivity contribution < 1.29 is 9.53 Å². The maximum Gasteiger partial charge on any atom is 0.298 e. The minimum Gasteiger partial charge on any atom is -0.429 e. The summed E-state index contributed by atoms with van der Waals surface area (Å²) in [5.41, 5.74) is 1.44. The van der Waals surface area contributed by atoms with Gasteiger partial charge >= 0.3 is 0 Å². The largest absolute Gasteiger partial charge is 0.429 e. The lowest BCUT2D eigenvalue weighted by Gasteiger charge is -2.02. The molecule has 0 aliphatic rings. The second-order valence-corrected chi connectivity index (χ2v) is 4.61. The van der Waals surface area contributed by atoms with Gasteiger partial charge in [0.05, 0.1) is 0 Å². The SMILES string of the molecule is CC(C)Cc1ccccc1.O=COc1ccccc1. The molecule has 100 valence electrons. The number of hydrogen-bond acceptors (Lipinski definition) is 2. The Kier molecular flexibility index (Phi) is 7.03. The molecule has 0 atom stereocenters. The smallest absolute Gasteiger partial charge is 0.298 e. The molecule has 2 nitrogen and oxygen atoms in total. The normalized spacial score (nSPS) is 9.42. The van der Waals surface area contributed by atoms with Crippen molar-refractivity contribution in [3.05, 3.63) is 66.2 Å². The third-order valence-electron chi connectivity index (χ3n) is 2.41. The molecule has 0 aromatic heterocycles. The van der Waals surface area contributed by atoms with Crippen LogP contribution in [0, 0.1) is 5.92 Å². The van der Waals surface area contributed by atoms with Crippen LogP contribution < -0.4 is 4.74 Å². The Labute approximate surface area is 115 Å². The van der Waals surface area contributed by atoms with E-state index >= 15 is 0 Å². The van der Waals surface area contributed by atoms with Crippen molar-refractivity contribution in [3.63, 3.8) is 0 Å². The highest BCUT2D eigenvalue weighted by atomic mass is 16.5. The Balaban J connectivity index is 0.000000191. The lowest BCUT2D eigenvalue weighted by molar-refractivity contribution is -0.120. The zero-order chi connectivity index (χ0) is 13.9. The molecule has 0 saturated heterocycles. The summed E-state index contributed by atoms with van der Waals surface area (Å²) in [5, 5.41) is 0. The first-order chi connectivity index (χ1) is 9.22. The fourth-order valence-electron chi connectivity index (χ4n) is 1.64. The van der Waals surface area contributed by atoms with Gasteiger partial charge in [0.25, 0.3) is 6.47 Å². The van der Waals surface area contributed by atoms with Crippen molar-refractivity contribution in [2.75, 3.05) is 0 Å². The fourth-order valence-corrected chi connectivity index (χ4v) is 1.64. The lowest BCUT2D eigenvalue weighted by Crippen LogP contribution is -1.92. The summed E-state index contributed by atoms with van der Waals surface area (Å²) in [6.07, 6.45) is 1.20. The molecule has 2 rings (SSSR count). The van der Waals surface area contributed by atoms with Gasteiger partial charge in [0.15, 0.2) is 0 Å². The van der Waals surface area contributed by atoms with Gasteiger partial charge in [-0.2, -0.15) is 0 Å². The first kappa shape index (κ1) is 15.0. The first-order valence-corrected chi connectivity index (χ1v) is 6.41. The predicted octanol–water partition coefficient (Wildman–Crippen LogP) is 4.11. The van der Waals surface area contributed by atoms with Gasteiger partial charge in [0.2, 0.25) is 0 Å². The van der Waals surface area contributed by atoms with E-state index in [4.69, 9.17) is 0 Å². The maximum atomic E-state index is 9.75. The van der Waals surface area contributed by atoms with Crippen LogP contribution in [0.4, 0.5) is 0 Å². The van der Waals surface area contributed by atoms with Crippen LogP contribution in [0.1, 0.15) is 19.4 Å². The molecular formula is C17H20O2. The van der Waals surface area contributed by atoms with Crippen LogP contribution in [-0.2, 0) is 11.2 Å². The van der Waals surface area contributed by atoms with E-state index in [0.717, 1.165) is 5.92 Å². The van der Waals surface area contributed by atoms with Gasteiger partial charge in [-0.1, -0.05) is 62.4 Å². The molecule has 0 fully saturated rings. The van der Waals surface area contributed by atoms with Gasteiger partial charge in [-0.05, 0) is 30.0 Å². The molecule has 0 heterocycles. The zero-order valence-electron chi connectivity index (χ0n) is 11.5. The summed E-state index contributed by atoms with van der Waals surface area (Å²) in [6, 6.07) is 19.5. The molecule has 2 aromatic carbocycles. The van der Waals surface area contributed by atoms with Gasteiger partial charge < -0.3 is 4.74 Å². The van der Waals surface area contributed by atoms with Crippen LogP contribution in [-0.4, -0.2) is 6.47 Å². The van der Waals surface area contributed by atoms with Gasteiger partial charge in [0.1, 0.15) is 5.75 Å². The van der Waals surface area contributed by atoms with E-state index in [0.29, 0.717) is 12.2 Å². The highest BCUT2D eigenvalue weighted by Crippen LogP contribution is 2.06. The molecule has 0 radical (unpaired) electrons. The Bertz CT molecular complexity index is 449. The molecule has 0 bridgehead atoms. The number of hydrogen-bond donors (Lipinski definition) is 0. The predicted molar refractivity (Wildman–Crippen MR) is 78.1 cm³/mol. The minimum absolute atomic E-state index is 0.412. The zero-order valence-corrected chi connectivity index (χ0v) is 11.5. The van der Waals surface area contributed by atoms with Crippen LogP contribution in [0.2, 0.25) is 0 Å². The molecule has 0 saturated carbocycles. The number of rotatable bonds is 4. The summed E-state index contributed by atoms with van der Waals surface area (Å²) < 4.78 is 4.53. The Morgan fingerprint density at radius 1 is 0.947 bits per heavy atom. The summed E-state index contributed by atoms with van der Waals surface area (Å²) in [7, 11) is 0. The van der Waals surface area contributed by atoms with E-state index in [2.05, 4.69) is 48.9 Å². The number of ether oxygens (including phenoxy) is 1. The lowest BCUT2D eigenvalue weighted by atomic mass is 10.0. The van der Waals surface area contributed by atoms with Crippen molar-refractivity contribution in [3.8, 4) is 5.75 Å². The number of para-hydroxylation sites is 1. The van der Waals surface area contributed by atoms with Gasteiger partial charge in [0, 0.05) is 0 Å². The van der Waals surface area contributed by atoms with Crippen molar-refractivity contribution in [1.82, 2.24) is 0 Å². The van der Waals surface area contributed by atoms with Crippen LogP contribution in [0.3, 0.4) is 0 Å². The quantitative estimate of drug-likeness (QED) is 0.770. The van der Waals surface area contributed by atoms with Crippen LogP contribution >= 0.6 is 0 Å². The molecule has 0 N–H and O–H groups in total. The van der Waals surface area contributed by atoms with E-state index in [9.17, 15) is 4.79 Å². The monoisotopic (exact) mass is 256 g/mol. The van der Waals surface area contributed by atoms with E-state index in [1.807, 2.05) is 6.07 Å². The maximum absolute atomic E-state index is 9.75. The molecule has 0 aliphatic heterocycles. The first-order valence-electron chi connectivity index (χ1n) is 6.41. The standard InChI is InChI=1S/C10H14.C7H6O2/c1-9(2)8-10-6-4-3-5-7-10;8-6-9-7-4-2-1-3-5-7/h3-7,9H,8H2,1-2H3;1-6H. The molecule has 2 aromatic rings. The Morgan fingerprint density at radius 3 is 1.95 bits per heavy atom. The Morgan fingerprint density at radius 2 is 1.47 bits per heavy atom. The second kappa shape index (κ2) is 8.92. The molecule has 0 aliphatic carbocycles. The fraction of sp³-hybridized carbons (Fsp3) is 0.235. The molecule has 0 unspecified atom stereocenters. The van der Waals surface area contributed by atoms with Gasteiger partial charge in [-0.25, -0.2) is 0 Å². The summed E-state index contributed by atoms with van der Waals surface area (Å²) in [4.78, 5) is 9.75. The van der Waals surface area contributed by atoms with Gasteiger partial charge in [-0.15, -0.1) is 0 Å². The van der Waals surface area contributed by atoms with Crippen molar-refractivity contribution in [2.24, 2.45) is 5.92 Å². The number of carbonyl (C=O) groups is 1. The number of benzene rings is 2. The third kappa shape index (κ3) is 7.04. The molecule has 0 amide bonds. The third-order valence-corrected chi connectivity index (χ3v) is 2.41. The van der Waals surface area contributed by atoms with Crippen molar-refractivity contribution in [2.45, 2.75) is 20.3 Å².